The molecular formula is C19H32N4O. The molecule has 2 rings (SSSR count). The predicted molar refractivity (Wildman–Crippen MR) is 101 cm³/mol. The van der Waals surface area contributed by atoms with Gasteiger partial charge in [0, 0.05) is 37.7 Å². The third-order valence-electron chi connectivity index (χ3n) is 3.98. The lowest BCUT2D eigenvalue weighted by Crippen LogP contribution is -2.47. The Bertz CT molecular complexity index is 575. The fourth-order valence-corrected chi connectivity index (χ4v) is 2.91. The lowest BCUT2D eigenvalue weighted by atomic mass is 9.90. The molecular weight excluding hydrogens is 300 g/mol. The van der Waals surface area contributed by atoms with Crippen molar-refractivity contribution in [3.8, 4) is 5.75 Å². The molecule has 1 atom stereocenters. The van der Waals surface area contributed by atoms with Crippen molar-refractivity contribution < 1.29 is 4.74 Å². The van der Waals surface area contributed by atoms with Crippen molar-refractivity contribution in [2.45, 2.75) is 58.2 Å². The average molecular weight is 332 g/mol. The molecule has 1 aliphatic heterocycles. The summed E-state index contributed by atoms with van der Waals surface area (Å²) in [4.78, 5) is 4.36. The molecule has 0 saturated carbocycles. The van der Waals surface area contributed by atoms with Crippen LogP contribution in [0.2, 0.25) is 0 Å². The van der Waals surface area contributed by atoms with Gasteiger partial charge in [-0.15, -0.1) is 0 Å². The minimum Gasteiger partial charge on any atom is -0.487 e. The van der Waals surface area contributed by atoms with E-state index in [4.69, 9.17) is 4.74 Å². The van der Waals surface area contributed by atoms with Crippen LogP contribution in [-0.2, 0) is 0 Å². The SMILES string of the molecule is CN=C(NCCNC(C)(C)C)NC1CC(C)(C)Oc2ccccc21. The Balaban J connectivity index is 1.98. The maximum absolute atomic E-state index is 6.09. The van der Waals surface area contributed by atoms with E-state index in [1.807, 2.05) is 19.2 Å². The van der Waals surface area contributed by atoms with Crippen LogP contribution in [0.5, 0.6) is 5.75 Å². The van der Waals surface area contributed by atoms with Crippen LogP contribution in [0.1, 0.15) is 52.6 Å². The summed E-state index contributed by atoms with van der Waals surface area (Å²) >= 11 is 0. The lowest BCUT2D eigenvalue weighted by Gasteiger charge is -2.38. The van der Waals surface area contributed by atoms with Crippen molar-refractivity contribution >= 4 is 5.96 Å². The number of ether oxygens (including phenoxy) is 1. The van der Waals surface area contributed by atoms with Gasteiger partial charge >= 0.3 is 0 Å². The third-order valence-corrected chi connectivity index (χ3v) is 3.98. The number of hydrogen-bond acceptors (Lipinski definition) is 3. The molecule has 0 radical (unpaired) electrons. The molecule has 0 amide bonds. The Morgan fingerprint density at radius 3 is 2.62 bits per heavy atom. The van der Waals surface area contributed by atoms with E-state index in [2.05, 4.69) is 67.7 Å². The molecule has 5 heteroatoms. The highest BCUT2D eigenvalue weighted by molar-refractivity contribution is 5.80. The minimum absolute atomic E-state index is 0.127. The fourth-order valence-electron chi connectivity index (χ4n) is 2.91. The second-order valence-electron chi connectivity index (χ2n) is 7.98. The molecule has 0 spiro atoms. The highest BCUT2D eigenvalue weighted by Crippen LogP contribution is 2.39. The molecule has 1 aromatic carbocycles. The van der Waals surface area contributed by atoms with Gasteiger partial charge in [-0.1, -0.05) is 18.2 Å². The number of guanidine groups is 1. The maximum Gasteiger partial charge on any atom is 0.191 e. The number of nitrogens with zero attached hydrogens (tertiary/aromatic N) is 1. The smallest absolute Gasteiger partial charge is 0.191 e. The first-order valence-electron chi connectivity index (χ1n) is 8.70. The maximum atomic E-state index is 6.09. The number of aliphatic imine (C=N–C) groups is 1. The largest absolute Gasteiger partial charge is 0.487 e. The summed E-state index contributed by atoms with van der Waals surface area (Å²) in [6.45, 7) is 12.5. The van der Waals surface area contributed by atoms with Gasteiger partial charge < -0.3 is 20.7 Å². The molecule has 0 saturated heterocycles. The highest BCUT2D eigenvalue weighted by atomic mass is 16.5. The Morgan fingerprint density at radius 2 is 1.96 bits per heavy atom. The van der Waals surface area contributed by atoms with E-state index in [0.717, 1.165) is 31.2 Å². The first kappa shape index (κ1) is 18.6. The Hall–Kier alpha value is -1.75. The summed E-state index contributed by atoms with van der Waals surface area (Å²) in [5.74, 6) is 1.78. The van der Waals surface area contributed by atoms with E-state index in [-0.39, 0.29) is 17.2 Å². The Morgan fingerprint density at radius 1 is 1.25 bits per heavy atom. The first-order valence-corrected chi connectivity index (χ1v) is 8.70. The summed E-state index contributed by atoms with van der Waals surface area (Å²) in [5, 5.41) is 10.4. The molecule has 0 aliphatic carbocycles. The molecule has 0 bridgehead atoms. The summed E-state index contributed by atoms with van der Waals surface area (Å²) in [6, 6.07) is 8.42. The molecule has 5 nitrogen and oxygen atoms in total. The van der Waals surface area contributed by atoms with Crippen molar-refractivity contribution in [2.75, 3.05) is 20.1 Å². The molecule has 3 N–H and O–H groups in total. The number of fused-ring (bicyclic) bond motifs is 1. The van der Waals surface area contributed by atoms with E-state index >= 15 is 0 Å². The number of rotatable bonds is 4. The van der Waals surface area contributed by atoms with Crippen LogP contribution in [0, 0.1) is 0 Å². The van der Waals surface area contributed by atoms with Gasteiger partial charge in [0.2, 0.25) is 0 Å². The molecule has 1 unspecified atom stereocenters. The van der Waals surface area contributed by atoms with Gasteiger partial charge in [-0.3, -0.25) is 4.99 Å². The monoisotopic (exact) mass is 332 g/mol. The zero-order valence-electron chi connectivity index (χ0n) is 15.9. The first-order chi connectivity index (χ1) is 11.2. The van der Waals surface area contributed by atoms with Crippen molar-refractivity contribution in [1.82, 2.24) is 16.0 Å². The van der Waals surface area contributed by atoms with E-state index in [0.29, 0.717) is 0 Å². The van der Waals surface area contributed by atoms with Crippen LogP contribution in [0.4, 0.5) is 0 Å². The Labute approximate surface area is 146 Å². The number of nitrogens with one attached hydrogen (secondary N) is 3. The molecule has 0 aromatic heterocycles. The fraction of sp³-hybridized carbons (Fsp3) is 0.632. The van der Waals surface area contributed by atoms with E-state index in [1.54, 1.807) is 0 Å². The van der Waals surface area contributed by atoms with Crippen LogP contribution in [-0.4, -0.2) is 37.2 Å². The van der Waals surface area contributed by atoms with E-state index < -0.39 is 0 Å². The van der Waals surface area contributed by atoms with Crippen LogP contribution < -0.4 is 20.7 Å². The van der Waals surface area contributed by atoms with Gasteiger partial charge in [0.25, 0.3) is 0 Å². The second kappa shape index (κ2) is 7.43. The van der Waals surface area contributed by atoms with Crippen molar-refractivity contribution in [1.29, 1.82) is 0 Å². The van der Waals surface area contributed by atoms with Crippen molar-refractivity contribution in [3.05, 3.63) is 29.8 Å². The van der Waals surface area contributed by atoms with Gasteiger partial charge in [-0.25, -0.2) is 0 Å². The summed E-state index contributed by atoms with van der Waals surface area (Å²) < 4.78 is 6.09. The molecule has 1 aromatic rings. The van der Waals surface area contributed by atoms with E-state index in [9.17, 15) is 0 Å². The van der Waals surface area contributed by atoms with Crippen LogP contribution in [0.3, 0.4) is 0 Å². The number of hydrogen-bond donors (Lipinski definition) is 3. The van der Waals surface area contributed by atoms with Gasteiger partial charge in [0.05, 0.1) is 6.04 Å². The van der Waals surface area contributed by atoms with Crippen LogP contribution in [0.25, 0.3) is 0 Å². The summed E-state index contributed by atoms with van der Waals surface area (Å²) in [6.07, 6.45) is 0.894. The number of para-hydroxylation sites is 1. The molecule has 134 valence electrons. The van der Waals surface area contributed by atoms with E-state index in [1.165, 1.54) is 5.56 Å². The molecule has 24 heavy (non-hydrogen) atoms. The van der Waals surface area contributed by atoms with Gasteiger partial charge in [0.1, 0.15) is 11.4 Å². The molecule has 1 heterocycles. The minimum atomic E-state index is -0.196. The average Bonchev–Trinajstić information content (AvgIpc) is 2.48. The second-order valence-corrected chi connectivity index (χ2v) is 7.98. The van der Waals surface area contributed by atoms with Crippen molar-refractivity contribution in [2.24, 2.45) is 4.99 Å². The predicted octanol–water partition coefficient (Wildman–Crippen LogP) is 2.84. The van der Waals surface area contributed by atoms with Crippen molar-refractivity contribution in [3.63, 3.8) is 0 Å². The topological polar surface area (TPSA) is 57.7 Å². The van der Waals surface area contributed by atoms with Gasteiger partial charge in [-0.05, 0) is 40.7 Å². The Kier molecular flexibility index (Phi) is 5.75. The quantitative estimate of drug-likeness (QED) is 0.451. The normalized spacial score (nSPS) is 20.1. The number of benzene rings is 1. The van der Waals surface area contributed by atoms with Gasteiger partial charge in [0.15, 0.2) is 5.96 Å². The summed E-state index contributed by atoms with van der Waals surface area (Å²) in [5.41, 5.74) is 1.12. The molecule has 0 fully saturated rings. The van der Waals surface area contributed by atoms with Crippen LogP contribution in [0.15, 0.2) is 29.3 Å². The zero-order chi connectivity index (χ0) is 17.8. The standard InChI is InChI=1S/C19H32N4O/c1-18(2,3)22-12-11-21-17(20-6)23-15-13-19(4,5)24-16-10-8-7-9-14(15)16/h7-10,15,22H,11-13H2,1-6H3,(H2,20,21,23). The van der Waals surface area contributed by atoms with Gasteiger partial charge in [-0.2, -0.15) is 0 Å². The molecule has 1 aliphatic rings. The van der Waals surface area contributed by atoms with Crippen LogP contribution >= 0.6 is 0 Å². The summed E-state index contributed by atoms with van der Waals surface area (Å²) in [7, 11) is 1.81. The highest BCUT2D eigenvalue weighted by Gasteiger charge is 2.33. The third kappa shape index (κ3) is 5.41. The lowest BCUT2D eigenvalue weighted by molar-refractivity contribution is 0.0694. The zero-order valence-corrected chi connectivity index (χ0v) is 15.9.